The minimum absolute atomic E-state index is 0.0355. The second-order valence-electron chi connectivity index (χ2n) is 5.04. The normalized spacial score (nSPS) is 12.5. The fourth-order valence-electron chi connectivity index (χ4n) is 1.95. The number of carbonyl (C=O) groups excluding carboxylic acids is 2. The van der Waals surface area contributed by atoms with E-state index < -0.39 is 34.5 Å². The number of methoxy groups -OCH3 is 1. The van der Waals surface area contributed by atoms with Crippen LogP contribution in [0.15, 0.2) is 33.6 Å². The zero-order valence-corrected chi connectivity index (χ0v) is 15.9. The van der Waals surface area contributed by atoms with Gasteiger partial charge in [0.2, 0.25) is 15.9 Å². The summed E-state index contributed by atoms with van der Waals surface area (Å²) in [5.41, 5.74) is 0. The molecule has 1 rings (SSSR count). The first kappa shape index (κ1) is 20.6. The number of carbonyl (C=O) groups is 2. The summed E-state index contributed by atoms with van der Waals surface area (Å²) in [4.78, 5) is 23.6. The van der Waals surface area contributed by atoms with Crippen LogP contribution in [-0.2, 0) is 24.3 Å². The Labute approximate surface area is 150 Å². The van der Waals surface area contributed by atoms with Crippen LogP contribution in [-0.4, -0.2) is 40.0 Å². The molecule has 1 unspecified atom stereocenters. The van der Waals surface area contributed by atoms with Gasteiger partial charge in [0, 0.05) is 4.47 Å². The Hall–Kier alpha value is -1.45. The summed E-state index contributed by atoms with van der Waals surface area (Å²) in [5.74, 6) is -1.15. The number of amides is 1. The molecule has 9 heteroatoms. The molecule has 0 aromatic heterocycles. The number of nitrogens with one attached hydrogen (secondary N) is 2. The molecule has 0 heterocycles. The van der Waals surface area contributed by atoms with Gasteiger partial charge in [0.1, 0.15) is 6.04 Å². The molecule has 2 N–H and O–H groups in total. The highest BCUT2D eigenvalue weighted by Crippen LogP contribution is 2.20. The Balaban J connectivity index is 2.67. The van der Waals surface area contributed by atoms with Gasteiger partial charge < -0.3 is 10.1 Å². The Bertz CT molecular complexity index is 678. The van der Waals surface area contributed by atoms with Crippen molar-refractivity contribution < 1.29 is 22.7 Å². The average Bonchev–Trinajstić information content (AvgIpc) is 2.56. The summed E-state index contributed by atoms with van der Waals surface area (Å²) in [5, 5.41) is 2.49. The smallest absolute Gasteiger partial charge is 0.328 e. The van der Waals surface area contributed by atoms with Crippen molar-refractivity contribution in [1.82, 2.24) is 10.0 Å². The van der Waals surface area contributed by atoms with Crippen LogP contribution in [0.4, 0.5) is 0 Å². The molecule has 0 aliphatic carbocycles. The number of sulfonamides is 1. The quantitative estimate of drug-likeness (QED) is 0.590. The van der Waals surface area contributed by atoms with Gasteiger partial charge in [-0.25, -0.2) is 17.9 Å². The molecule has 7 nitrogen and oxygen atoms in total. The number of rotatable bonds is 9. The standard InChI is InChI=1S/C15H21BrN2O5S/c1-3-4-8-12(15(20)23-2)18-14(19)10-17-24(21,22)13-9-6-5-7-11(13)16/h5-7,9,12,17H,3-4,8,10H2,1-2H3,(H,18,19). The molecular weight excluding hydrogens is 400 g/mol. The van der Waals surface area contributed by atoms with E-state index in [-0.39, 0.29) is 4.90 Å². The molecular formula is C15H21BrN2O5S. The molecule has 24 heavy (non-hydrogen) atoms. The topological polar surface area (TPSA) is 102 Å². The minimum atomic E-state index is -3.84. The van der Waals surface area contributed by atoms with Crippen molar-refractivity contribution in [3.8, 4) is 0 Å². The van der Waals surface area contributed by atoms with Crippen molar-refractivity contribution in [1.29, 1.82) is 0 Å². The molecule has 1 amide bonds. The van der Waals surface area contributed by atoms with Crippen molar-refractivity contribution in [3.63, 3.8) is 0 Å². The van der Waals surface area contributed by atoms with Gasteiger partial charge in [0.05, 0.1) is 18.6 Å². The van der Waals surface area contributed by atoms with Crippen LogP contribution in [0.5, 0.6) is 0 Å². The van der Waals surface area contributed by atoms with Crippen LogP contribution in [0.2, 0.25) is 0 Å². The summed E-state index contributed by atoms with van der Waals surface area (Å²) in [6, 6.07) is 5.49. The summed E-state index contributed by atoms with van der Waals surface area (Å²) in [6.45, 7) is 1.49. The fraction of sp³-hybridized carbons (Fsp3) is 0.467. The molecule has 0 aliphatic heterocycles. The predicted octanol–water partition coefficient (Wildman–Crippen LogP) is 1.58. The number of esters is 1. The third-order valence-corrected chi connectivity index (χ3v) is 5.63. The average molecular weight is 421 g/mol. The number of unbranched alkanes of at least 4 members (excludes halogenated alkanes) is 1. The van der Waals surface area contributed by atoms with Gasteiger partial charge in [-0.3, -0.25) is 4.79 Å². The maximum absolute atomic E-state index is 12.2. The fourth-order valence-corrected chi connectivity index (χ4v) is 3.93. The number of benzene rings is 1. The van der Waals surface area contributed by atoms with E-state index in [9.17, 15) is 18.0 Å². The van der Waals surface area contributed by atoms with E-state index in [1.54, 1.807) is 18.2 Å². The molecule has 0 fully saturated rings. The third kappa shape index (κ3) is 6.21. The highest BCUT2D eigenvalue weighted by atomic mass is 79.9. The zero-order valence-electron chi connectivity index (χ0n) is 13.5. The molecule has 0 aliphatic rings. The lowest BCUT2D eigenvalue weighted by molar-refractivity contribution is -0.145. The second kappa shape index (κ2) is 9.75. The van der Waals surface area contributed by atoms with Gasteiger partial charge in [0.25, 0.3) is 0 Å². The predicted molar refractivity (Wildman–Crippen MR) is 92.8 cm³/mol. The summed E-state index contributed by atoms with van der Waals surface area (Å²) in [7, 11) is -2.60. The SMILES string of the molecule is CCCCC(NC(=O)CNS(=O)(=O)c1ccccc1Br)C(=O)OC. The van der Waals surface area contributed by atoms with E-state index >= 15 is 0 Å². The van der Waals surface area contributed by atoms with Gasteiger partial charge in [0.15, 0.2) is 0 Å². The highest BCUT2D eigenvalue weighted by molar-refractivity contribution is 9.10. The lowest BCUT2D eigenvalue weighted by atomic mass is 10.1. The van der Waals surface area contributed by atoms with Crippen LogP contribution in [0.25, 0.3) is 0 Å². The molecule has 0 bridgehead atoms. The highest BCUT2D eigenvalue weighted by Gasteiger charge is 2.23. The zero-order chi connectivity index (χ0) is 18.2. The van der Waals surface area contributed by atoms with Gasteiger partial charge in [-0.05, 0) is 34.5 Å². The Morgan fingerprint density at radius 2 is 1.96 bits per heavy atom. The van der Waals surface area contributed by atoms with Crippen molar-refractivity contribution in [3.05, 3.63) is 28.7 Å². The van der Waals surface area contributed by atoms with Gasteiger partial charge in [-0.1, -0.05) is 31.9 Å². The number of hydrogen-bond acceptors (Lipinski definition) is 5. The summed E-state index contributed by atoms with van der Waals surface area (Å²) in [6.07, 6.45) is 2.03. The first-order chi connectivity index (χ1) is 11.3. The molecule has 1 aromatic rings. The number of halogens is 1. The Morgan fingerprint density at radius 3 is 2.54 bits per heavy atom. The molecule has 1 aromatic carbocycles. The maximum atomic E-state index is 12.2. The van der Waals surface area contributed by atoms with Crippen molar-refractivity contribution in [2.24, 2.45) is 0 Å². The van der Waals surface area contributed by atoms with Gasteiger partial charge >= 0.3 is 5.97 Å². The number of ether oxygens (including phenoxy) is 1. The Kier molecular flexibility index (Phi) is 8.37. The molecule has 0 saturated carbocycles. The van der Waals surface area contributed by atoms with E-state index in [4.69, 9.17) is 0 Å². The lowest BCUT2D eigenvalue weighted by Gasteiger charge is -2.16. The molecule has 1 atom stereocenters. The molecule has 0 saturated heterocycles. The van der Waals surface area contributed by atoms with Crippen molar-refractivity contribution >= 4 is 37.8 Å². The monoisotopic (exact) mass is 420 g/mol. The van der Waals surface area contributed by atoms with E-state index in [1.807, 2.05) is 6.92 Å². The summed E-state index contributed by atoms with van der Waals surface area (Å²) >= 11 is 3.16. The van der Waals surface area contributed by atoms with Crippen LogP contribution in [0, 0.1) is 0 Å². The van der Waals surface area contributed by atoms with Crippen LogP contribution in [0.1, 0.15) is 26.2 Å². The van der Waals surface area contributed by atoms with Crippen LogP contribution >= 0.6 is 15.9 Å². The first-order valence-electron chi connectivity index (χ1n) is 7.43. The van der Waals surface area contributed by atoms with Crippen molar-refractivity contribution in [2.45, 2.75) is 37.1 Å². The Morgan fingerprint density at radius 1 is 1.29 bits per heavy atom. The summed E-state index contributed by atoms with van der Waals surface area (Å²) < 4.78 is 31.6. The number of hydrogen-bond donors (Lipinski definition) is 2. The third-order valence-electron chi connectivity index (χ3n) is 3.22. The minimum Gasteiger partial charge on any atom is -0.467 e. The molecule has 0 spiro atoms. The lowest BCUT2D eigenvalue weighted by Crippen LogP contribution is -2.45. The molecule has 134 valence electrons. The van der Waals surface area contributed by atoms with E-state index in [2.05, 4.69) is 30.7 Å². The van der Waals surface area contributed by atoms with Gasteiger partial charge in [-0.2, -0.15) is 0 Å². The van der Waals surface area contributed by atoms with E-state index in [0.717, 1.165) is 12.8 Å². The van der Waals surface area contributed by atoms with Gasteiger partial charge in [-0.15, -0.1) is 0 Å². The van der Waals surface area contributed by atoms with E-state index in [0.29, 0.717) is 10.9 Å². The second-order valence-corrected chi connectivity index (χ2v) is 7.63. The van der Waals surface area contributed by atoms with E-state index in [1.165, 1.54) is 13.2 Å². The van der Waals surface area contributed by atoms with Crippen molar-refractivity contribution in [2.75, 3.05) is 13.7 Å². The molecule has 0 radical (unpaired) electrons. The van der Waals surface area contributed by atoms with Crippen LogP contribution < -0.4 is 10.0 Å². The van der Waals surface area contributed by atoms with Crippen LogP contribution in [0.3, 0.4) is 0 Å². The maximum Gasteiger partial charge on any atom is 0.328 e. The largest absolute Gasteiger partial charge is 0.467 e. The first-order valence-corrected chi connectivity index (χ1v) is 9.70.